The SMILES string of the molecule is COc1ccc(N2C(=O)NC(C)CC2C)cc1. The number of carbonyl (C=O) groups is 1. The van der Waals surface area contributed by atoms with Gasteiger partial charge in [-0.1, -0.05) is 0 Å². The maximum atomic E-state index is 12.0. The molecule has 1 saturated heterocycles. The van der Waals surface area contributed by atoms with E-state index < -0.39 is 0 Å². The molecular weight excluding hydrogens is 216 g/mol. The van der Waals surface area contributed by atoms with Crippen LogP contribution in [-0.2, 0) is 0 Å². The van der Waals surface area contributed by atoms with Gasteiger partial charge in [-0.05, 0) is 44.5 Å². The fourth-order valence-corrected chi connectivity index (χ4v) is 2.27. The van der Waals surface area contributed by atoms with Crippen molar-refractivity contribution in [2.45, 2.75) is 32.4 Å². The molecule has 2 atom stereocenters. The summed E-state index contributed by atoms with van der Waals surface area (Å²) in [6, 6.07) is 7.98. The number of nitrogens with one attached hydrogen (secondary N) is 1. The monoisotopic (exact) mass is 234 g/mol. The summed E-state index contributed by atoms with van der Waals surface area (Å²) >= 11 is 0. The molecule has 0 saturated carbocycles. The van der Waals surface area contributed by atoms with E-state index in [4.69, 9.17) is 4.74 Å². The molecular formula is C13H18N2O2. The predicted molar refractivity (Wildman–Crippen MR) is 67.5 cm³/mol. The largest absolute Gasteiger partial charge is 0.497 e. The molecule has 1 N–H and O–H groups in total. The Morgan fingerprint density at radius 2 is 1.94 bits per heavy atom. The van der Waals surface area contributed by atoms with E-state index in [1.807, 2.05) is 31.2 Å². The van der Waals surface area contributed by atoms with Crippen molar-refractivity contribution in [2.24, 2.45) is 0 Å². The molecule has 17 heavy (non-hydrogen) atoms. The van der Waals surface area contributed by atoms with Gasteiger partial charge in [-0.15, -0.1) is 0 Å². The molecule has 1 aliphatic rings. The number of carbonyl (C=O) groups excluding carboxylic acids is 1. The molecule has 4 heteroatoms. The Labute approximate surface area is 102 Å². The molecule has 92 valence electrons. The highest BCUT2D eigenvalue weighted by Crippen LogP contribution is 2.25. The zero-order chi connectivity index (χ0) is 12.4. The summed E-state index contributed by atoms with van der Waals surface area (Å²) in [5.41, 5.74) is 0.905. The molecule has 2 rings (SSSR count). The number of anilines is 1. The number of rotatable bonds is 2. The van der Waals surface area contributed by atoms with Crippen LogP contribution in [0.3, 0.4) is 0 Å². The predicted octanol–water partition coefficient (Wildman–Crippen LogP) is 2.39. The quantitative estimate of drug-likeness (QED) is 0.853. The maximum absolute atomic E-state index is 12.0. The van der Waals surface area contributed by atoms with E-state index >= 15 is 0 Å². The minimum Gasteiger partial charge on any atom is -0.497 e. The highest BCUT2D eigenvalue weighted by atomic mass is 16.5. The Morgan fingerprint density at radius 1 is 1.29 bits per heavy atom. The highest BCUT2D eigenvalue weighted by molar-refractivity contribution is 5.93. The third-order valence-electron chi connectivity index (χ3n) is 3.07. The molecule has 2 amide bonds. The van der Waals surface area contributed by atoms with Crippen LogP contribution in [-0.4, -0.2) is 25.2 Å². The lowest BCUT2D eigenvalue weighted by Crippen LogP contribution is -2.55. The number of nitrogens with zero attached hydrogens (tertiary/aromatic N) is 1. The third-order valence-corrected chi connectivity index (χ3v) is 3.07. The van der Waals surface area contributed by atoms with Crippen molar-refractivity contribution < 1.29 is 9.53 Å². The van der Waals surface area contributed by atoms with Crippen LogP contribution in [0.25, 0.3) is 0 Å². The summed E-state index contributed by atoms with van der Waals surface area (Å²) in [5, 5.41) is 2.94. The van der Waals surface area contributed by atoms with Gasteiger partial charge in [0.25, 0.3) is 0 Å². The van der Waals surface area contributed by atoms with Crippen LogP contribution in [0, 0.1) is 0 Å². The number of hydrogen-bond acceptors (Lipinski definition) is 2. The summed E-state index contributed by atoms with van der Waals surface area (Å²) in [5.74, 6) is 0.798. The van der Waals surface area contributed by atoms with Crippen LogP contribution in [0.5, 0.6) is 5.75 Å². The second-order valence-corrected chi connectivity index (χ2v) is 4.50. The van der Waals surface area contributed by atoms with E-state index in [1.54, 1.807) is 12.0 Å². The van der Waals surface area contributed by atoms with E-state index in [1.165, 1.54) is 0 Å². The van der Waals surface area contributed by atoms with E-state index in [9.17, 15) is 4.79 Å². The van der Waals surface area contributed by atoms with Gasteiger partial charge in [0.2, 0.25) is 0 Å². The highest BCUT2D eigenvalue weighted by Gasteiger charge is 2.29. The number of urea groups is 1. The van der Waals surface area contributed by atoms with E-state index in [2.05, 4.69) is 12.2 Å². The fraction of sp³-hybridized carbons (Fsp3) is 0.462. The smallest absolute Gasteiger partial charge is 0.322 e. The van der Waals surface area contributed by atoms with Gasteiger partial charge in [0.1, 0.15) is 5.75 Å². The Balaban J connectivity index is 2.22. The van der Waals surface area contributed by atoms with Gasteiger partial charge in [0, 0.05) is 17.8 Å². The molecule has 4 nitrogen and oxygen atoms in total. The third kappa shape index (κ3) is 2.35. The van der Waals surface area contributed by atoms with Gasteiger partial charge >= 0.3 is 6.03 Å². The topological polar surface area (TPSA) is 41.6 Å². The first-order valence-corrected chi connectivity index (χ1v) is 5.85. The van der Waals surface area contributed by atoms with Gasteiger partial charge in [-0.3, -0.25) is 4.90 Å². The van der Waals surface area contributed by atoms with Gasteiger partial charge in [0.05, 0.1) is 7.11 Å². The first kappa shape index (κ1) is 11.8. The zero-order valence-electron chi connectivity index (χ0n) is 10.4. The van der Waals surface area contributed by atoms with Gasteiger partial charge in [-0.2, -0.15) is 0 Å². The normalized spacial score (nSPS) is 24.4. The van der Waals surface area contributed by atoms with Crippen LogP contribution in [0.2, 0.25) is 0 Å². The number of methoxy groups -OCH3 is 1. The van der Waals surface area contributed by atoms with E-state index in [0.717, 1.165) is 17.9 Å². The number of ether oxygens (including phenoxy) is 1. The zero-order valence-corrected chi connectivity index (χ0v) is 10.4. The summed E-state index contributed by atoms with van der Waals surface area (Å²) < 4.78 is 5.11. The Bertz CT molecular complexity index is 402. The molecule has 0 aliphatic carbocycles. The molecule has 1 aromatic rings. The fourth-order valence-electron chi connectivity index (χ4n) is 2.27. The molecule has 1 aromatic carbocycles. The molecule has 1 heterocycles. The molecule has 1 fully saturated rings. The minimum absolute atomic E-state index is 0.0265. The van der Waals surface area contributed by atoms with E-state index in [-0.39, 0.29) is 18.1 Å². The molecule has 0 spiro atoms. The van der Waals surface area contributed by atoms with Crippen LogP contribution in [0.15, 0.2) is 24.3 Å². The van der Waals surface area contributed by atoms with Crippen molar-refractivity contribution in [3.8, 4) is 5.75 Å². The lowest BCUT2D eigenvalue weighted by molar-refractivity contribution is 0.232. The number of hydrogen-bond donors (Lipinski definition) is 1. The molecule has 0 aromatic heterocycles. The lowest BCUT2D eigenvalue weighted by atomic mass is 10.1. The van der Waals surface area contributed by atoms with Crippen molar-refractivity contribution in [1.82, 2.24) is 5.32 Å². The number of amides is 2. The second-order valence-electron chi connectivity index (χ2n) is 4.50. The Hall–Kier alpha value is -1.71. The molecule has 0 bridgehead atoms. The maximum Gasteiger partial charge on any atom is 0.322 e. The summed E-state index contributed by atoms with van der Waals surface area (Å²) in [6.07, 6.45) is 0.956. The average Bonchev–Trinajstić information content (AvgIpc) is 2.28. The van der Waals surface area contributed by atoms with Crippen LogP contribution >= 0.6 is 0 Å². The van der Waals surface area contributed by atoms with Crippen molar-refractivity contribution in [2.75, 3.05) is 12.0 Å². The first-order valence-electron chi connectivity index (χ1n) is 5.85. The van der Waals surface area contributed by atoms with Crippen molar-refractivity contribution in [3.05, 3.63) is 24.3 Å². The van der Waals surface area contributed by atoms with Crippen molar-refractivity contribution in [1.29, 1.82) is 0 Å². The standard InChI is InChI=1S/C13H18N2O2/c1-9-8-10(2)15(13(16)14-9)11-4-6-12(17-3)7-5-11/h4-7,9-10H,8H2,1-3H3,(H,14,16). The summed E-state index contributed by atoms with van der Waals surface area (Å²) in [4.78, 5) is 13.7. The summed E-state index contributed by atoms with van der Waals surface area (Å²) in [7, 11) is 1.63. The first-order chi connectivity index (χ1) is 8.11. The lowest BCUT2D eigenvalue weighted by Gasteiger charge is -2.37. The Morgan fingerprint density at radius 3 is 2.47 bits per heavy atom. The minimum atomic E-state index is -0.0265. The van der Waals surface area contributed by atoms with Crippen molar-refractivity contribution in [3.63, 3.8) is 0 Å². The van der Waals surface area contributed by atoms with Gasteiger partial charge in [0.15, 0.2) is 0 Å². The van der Waals surface area contributed by atoms with E-state index in [0.29, 0.717) is 0 Å². The van der Waals surface area contributed by atoms with Gasteiger partial charge in [-0.25, -0.2) is 4.79 Å². The second kappa shape index (κ2) is 4.65. The Kier molecular flexibility index (Phi) is 3.22. The van der Waals surface area contributed by atoms with Gasteiger partial charge < -0.3 is 10.1 Å². The molecule has 2 unspecified atom stereocenters. The van der Waals surface area contributed by atoms with Crippen LogP contribution in [0.4, 0.5) is 10.5 Å². The van der Waals surface area contributed by atoms with Crippen LogP contribution < -0.4 is 15.0 Å². The number of benzene rings is 1. The summed E-state index contributed by atoms with van der Waals surface area (Å²) in [6.45, 7) is 4.10. The van der Waals surface area contributed by atoms with Crippen LogP contribution in [0.1, 0.15) is 20.3 Å². The van der Waals surface area contributed by atoms with Crippen molar-refractivity contribution >= 4 is 11.7 Å². The molecule has 1 aliphatic heterocycles. The molecule has 0 radical (unpaired) electrons. The average molecular weight is 234 g/mol.